The molecule has 0 N–H and O–H groups in total. The van der Waals surface area contributed by atoms with E-state index in [2.05, 4.69) is 4.74 Å². The molecule has 7 nitrogen and oxygen atoms in total. The Morgan fingerprint density at radius 3 is 2.44 bits per heavy atom. The normalized spacial score (nSPS) is 13.4. The van der Waals surface area contributed by atoms with Gasteiger partial charge in [0.2, 0.25) is 0 Å². The minimum Gasteiger partial charge on any atom is -0.469 e. The van der Waals surface area contributed by atoms with Crippen LogP contribution in [0, 0.1) is 11.3 Å². The summed E-state index contributed by atoms with van der Waals surface area (Å²) in [7, 11) is 0.383. The van der Waals surface area contributed by atoms with Crippen molar-refractivity contribution in [2.75, 3.05) is 27.7 Å². The lowest BCUT2D eigenvalue weighted by molar-refractivity contribution is -0.140. The Bertz CT molecular complexity index is 415. The van der Waals surface area contributed by atoms with E-state index in [4.69, 9.17) is 5.26 Å². The molecule has 0 spiro atoms. The summed E-state index contributed by atoms with van der Waals surface area (Å²) >= 11 is 0. The second-order valence-electron chi connectivity index (χ2n) is 3.88. The van der Waals surface area contributed by atoms with Crippen molar-refractivity contribution in [1.82, 2.24) is 8.61 Å². The van der Waals surface area contributed by atoms with Gasteiger partial charge in [-0.2, -0.15) is 22.3 Å². The van der Waals surface area contributed by atoms with Crippen LogP contribution in [0.3, 0.4) is 0 Å². The third kappa shape index (κ3) is 4.60. The van der Waals surface area contributed by atoms with Crippen LogP contribution >= 0.6 is 0 Å². The maximum atomic E-state index is 12.0. The molecule has 0 rings (SSSR count). The number of nitrogens with zero attached hydrogens (tertiary/aromatic N) is 3. The van der Waals surface area contributed by atoms with E-state index >= 15 is 0 Å². The van der Waals surface area contributed by atoms with Gasteiger partial charge in [0, 0.05) is 26.7 Å². The molecule has 0 aliphatic heterocycles. The molecule has 0 heterocycles. The van der Waals surface area contributed by atoms with Crippen molar-refractivity contribution in [3.63, 3.8) is 0 Å². The largest absolute Gasteiger partial charge is 0.469 e. The van der Waals surface area contributed by atoms with Gasteiger partial charge in [0.1, 0.15) is 0 Å². The van der Waals surface area contributed by atoms with Gasteiger partial charge >= 0.3 is 5.97 Å². The van der Waals surface area contributed by atoms with Crippen molar-refractivity contribution in [3.8, 4) is 6.07 Å². The number of rotatable bonds is 7. The molecule has 0 aliphatic carbocycles. The minimum absolute atomic E-state index is 0.00724. The Kier molecular flexibility index (Phi) is 6.83. The topological polar surface area (TPSA) is 90.7 Å². The van der Waals surface area contributed by atoms with E-state index < -0.39 is 22.2 Å². The highest BCUT2D eigenvalue weighted by atomic mass is 32.2. The van der Waals surface area contributed by atoms with Gasteiger partial charge in [-0.25, -0.2) is 0 Å². The predicted molar refractivity (Wildman–Crippen MR) is 65.6 cm³/mol. The summed E-state index contributed by atoms with van der Waals surface area (Å²) in [5, 5.41) is 8.55. The maximum Gasteiger partial charge on any atom is 0.306 e. The van der Waals surface area contributed by atoms with E-state index in [1.807, 2.05) is 6.07 Å². The maximum absolute atomic E-state index is 12.0. The molecular formula is C10H19N3O4S. The highest BCUT2D eigenvalue weighted by molar-refractivity contribution is 7.86. The summed E-state index contributed by atoms with van der Waals surface area (Å²) in [5.41, 5.74) is 0. The first-order valence-electron chi connectivity index (χ1n) is 5.40. The number of ether oxygens (including phenoxy) is 1. The summed E-state index contributed by atoms with van der Waals surface area (Å²) in [6, 6.07) is 1.50. The first kappa shape index (κ1) is 16.8. The van der Waals surface area contributed by atoms with E-state index in [0.29, 0.717) is 0 Å². The third-order valence-corrected chi connectivity index (χ3v) is 4.68. The van der Waals surface area contributed by atoms with E-state index in [1.54, 1.807) is 6.92 Å². The van der Waals surface area contributed by atoms with Gasteiger partial charge in [0.25, 0.3) is 10.2 Å². The standard InChI is InChI=1S/C10H19N3O4S/c1-9(5-7-11)13(3)18(15,16)12(2)8-6-10(14)17-4/h9H,5-6,8H2,1-4H3. The second-order valence-corrected chi connectivity index (χ2v) is 5.98. The van der Waals surface area contributed by atoms with Crippen molar-refractivity contribution >= 4 is 16.2 Å². The van der Waals surface area contributed by atoms with Crippen molar-refractivity contribution in [2.24, 2.45) is 0 Å². The van der Waals surface area contributed by atoms with E-state index in [9.17, 15) is 13.2 Å². The average molecular weight is 277 g/mol. The smallest absolute Gasteiger partial charge is 0.306 e. The van der Waals surface area contributed by atoms with Crippen LogP contribution in [-0.4, -0.2) is 56.8 Å². The number of esters is 1. The van der Waals surface area contributed by atoms with Crippen molar-refractivity contribution in [3.05, 3.63) is 0 Å². The van der Waals surface area contributed by atoms with E-state index in [0.717, 1.165) is 8.61 Å². The third-order valence-electron chi connectivity index (χ3n) is 2.62. The zero-order chi connectivity index (χ0) is 14.3. The summed E-state index contributed by atoms with van der Waals surface area (Å²) in [6.45, 7) is 1.69. The molecule has 0 saturated heterocycles. The molecule has 0 saturated carbocycles. The van der Waals surface area contributed by atoms with Gasteiger partial charge in [-0.05, 0) is 6.92 Å². The quantitative estimate of drug-likeness (QED) is 0.609. The molecule has 0 aromatic rings. The van der Waals surface area contributed by atoms with Crippen LogP contribution in [0.25, 0.3) is 0 Å². The van der Waals surface area contributed by atoms with Crippen molar-refractivity contribution in [2.45, 2.75) is 25.8 Å². The summed E-state index contributed by atoms with van der Waals surface area (Å²) in [4.78, 5) is 10.9. The van der Waals surface area contributed by atoms with Crippen LogP contribution in [-0.2, 0) is 19.7 Å². The van der Waals surface area contributed by atoms with Gasteiger partial charge in [-0.3, -0.25) is 4.79 Å². The Hall–Kier alpha value is -1.17. The van der Waals surface area contributed by atoms with Gasteiger partial charge in [-0.1, -0.05) is 0 Å². The molecule has 0 aliphatic rings. The summed E-state index contributed by atoms with van der Waals surface area (Å²) < 4.78 is 30.7. The van der Waals surface area contributed by atoms with Crippen molar-refractivity contribution < 1.29 is 17.9 Å². The molecule has 0 bridgehead atoms. The molecule has 18 heavy (non-hydrogen) atoms. The lowest BCUT2D eigenvalue weighted by Crippen LogP contribution is -2.44. The highest BCUT2D eigenvalue weighted by Gasteiger charge is 2.27. The highest BCUT2D eigenvalue weighted by Crippen LogP contribution is 2.11. The van der Waals surface area contributed by atoms with Crippen LogP contribution in [0.1, 0.15) is 19.8 Å². The molecule has 0 aromatic heterocycles. The van der Waals surface area contributed by atoms with Crippen LogP contribution in [0.4, 0.5) is 0 Å². The lowest BCUT2D eigenvalue weighted by atomic mass is 10.3. The molecule has 0 radical (unpaired) electrons. The number of hydrogen-bond donors (Lipinski definition) is 0. The van der Waals surface area contributed by atoms with Crippen LogP contribution in [0.5, 0.6) is 0 Å². The van der Waals surface area contributed by atoms with Crippen molar-refractivity contribution in [1.29, 1.82) is 5.26 Å². The van der Waals surface area contributed by atoms with Gasteiger partial charge in [0.05, 0.1) is 26.0 Å². The molecule has 0 amide bonds. The summed E-state index contributed by atoms with van der Waals surface area (Å²) in [5.74, 6) is -0.468. The number of carbonyl (C=O) groups is 1. The fourth-order valence-electron chi connectivity index (χ4n) is 1.17. The Labute approximate surface area is 108 Å². The van der Waals surface area contributed by atoms with E-state index in [1.165, 1.54) is 21.2 Å². The molecule has 0 aromatic carbocycles. The molecule has 104 valence electrons. The minimum atomic E-state index is -3.66. The lowest BCUT2D eigenvalue weighted by Gasteiger charge is -2.27. The van der Waals surface area contributed by atoms with Crippen LogP contribution in [0.15, 0.2) is 0 Å². The summed E-state index contributed by atoms with van der Waals surface area (Å²) in [6.07, 6.45) is 0.104. The molecule has 1 atom stereocenters. The number of methoxy groups -OCH3 is 1. The fourth-order valence-corrected chi connectivity index (χ4v) is 2.47. The van der Waals surface area contributed by atoms with Crippen LogP contribution in [0.2, 0.25) is 0 Å². The number of carbonyl (C=O) groups excluding carboxylic acids is 1. The first-order valence-corrected chi connectivity index (χ1v) is 6.80. The molecular weight excluding hydrogens is 258 g/mol. The Morgan fingerprint density at radius 2 is 2.00 bits per heavy atom. The predicted octanol–water partition coefficient (Wildman–Crippen LogP) is -0.0399. The zero-order valence-electron chi connectivity index (χ0n) is 11.1. The van der Waals surface area contributed by atoms with Gasteiger partial charge < -0.3 is 4.74 Å². The molecule has 1 unspecified atom stereocenters. The molecule has 0 fully saturated rings. The van der Waals surface area contributed by atoms with E-state index in [-0.39, 0.29) is 19.4 Å². The Morgan fingerprint density at radius 1 is 1.44 bits per heavy atom. The number of nitriles is 1. The molecule has 8 heteroatoms. The SMILES string of the molecule is COC(=O)CCN(C)S(=O)(=O)N(C)C(C)CC#N. The van der Waals surface area contributed by atoms with Gasteiger partial charge in [-0.15, -0.1) is 0 Å². The average Bonchev–Trinajstić information content (AvgIpc) is 2.34. The fraction of sp³-hybridized carbons (Fsp3) is 0.800. The number of hydrogen-bond acceptors (Lipinski definition) is 5. The van der Waals surface area contributed by atoms with Crippen LogP contribution < -0.4 is 0 Å². The second kappa shape index (κ2) is 7.31. The zero-order valence-corrected chi connectivity index (χ0v) is 11.9. The monoisotopic (exact) mass is 277 g/mol. The van der Waals surface area contributed by atoms with Gasteiger partial charge in [0.15, 0.2) is 0 Å². The Balaban J connectivity index is 4.62. The first-order chi connectivity index (χ1) is 8.27.